The monoisotopic (exact) mass is 177 g/mol. The van der Waals surface area contributed by atoms with Crippen LogP contribution in [-0.4, -0.2) is 13.0 Å². The third-order valence-electron chi connectivity index (χ3n) is 2.25. The van der Waals surface area contributed by atoms with Crippen LogP contribution in [0.5, 0.6) is 5.75 Å². The van der Waals surface area contributed by atoms with Crippen molar-refractivity contribution in [3.8, 4) is 5.75 Å². The quantitative estimate of drug-likeness (QED) is 0.705. The van der Waals surface area contributed by atoms with Crippen LogP contribution in [0.15, 0.2) is 12.1 Å². The number of hydrogen-bond donors (Lipinski definition) is 1. The first-order chi connectivity index (χ1) is 6.20. The lowest BCUT2D eigenvalue weighted by Gasteiger charge is -2.06. The van der Waals surface area contributed by atoms with E-state index in [2.05, 4.69) is 5.32 Å². The fourth-order valence-corrected chi connectivity index (χ4v) is 1.58. The smallest absolute Gasteiger partial charge is 0.228 e. The summed E-state index contributed by atoms with van der Waals surface area (Å²) in [5.41, 5.74) is 2.99. The van der Waals surface area contributed by atoms with Gasteiger partial charge in [0.1, 0.15) is 5.75 Å². The van der Waals surface area contributed by atoms with Gasteiger partial charge in [0.15, 0.2) is 0 Å². The molecule has 13 heavy (non-hydrogen) atoms. The van der Waals surface area contributed by atoms with E-state index < -0.39 is 0 Å². The molecule has 0 fully saturated rings. The van der Waals surface area contributed by atoms with Gasteiger partial charge < -0.3 is 10.1 Å². The van der Waals surface area contributed by atoms with Gasteiger partial charge in [0, 0.05) is 5.69 Å². The van der Waals surface area contributed by atoms with Gasteiger partial charge in [0.25, 0.3) is 0 Å². The molecule has 0 aromatic heterocycles. The highest BCUT2D eigenvalue weighted by atomic mass is 16.5. The van der Waals surface area contributed by atoms with E-state index in [4.69, 9.17) is 4.74 Å². The van der Waals surface area contributed by atoms with Crippen molar-refractivity contribution in [1.82, 2.24) is 0 Å². The summed E-state index contributed by atoms with van der Waals surface area (Å²) in [4.78, 5) is 11.1. The van der Waals surface area contributed by atoms with E-state index >= 15 is 0 Å². The summed E-state index contributed by atoms with van der Waals surface area (Å²) in [7, 11) is 1.64. The van der Waals surface area contributed by atoms with E-state index in [-0.39, 0.29) is 5.91 Å². The number of carbonyl (C=O) groups is 1. The number of methoxy groups -OCH3 is 1. The Kier molecular flexibility index (Phi) is 1.72. The highest BCUT2D eigenvalue weighted by Crippen LogP contribution is 2.30. The normalized spacial score (nSPS) is 13.8. The average molecular weight is 177 g/mol. The number of amides is 1. The zero-order valence-corrected chi connectivity index (χ0v) is 7.68. The molecule has 1 aliphatic heterocycles. The van der Waals surface area contributed by atoms with Crippen molar-refractivity contribution < 1.29 is 9.53 Å². The Morgan fingerprint density at radius 1 is 1.46 bits per heavy atom. The molecule has 0 atom stereocenters. The van der Waals surface area contributed by atoms with Crippen molar-refractivity contribution in [2.45, 2.75) is 13.3 Å². The average Bonchev–Trinajstić information content (AvgIpc) is 2.42. The van der Waals surface area contributed by atoms with E-state index in [0.29, 0.717) is 6.42 Å². The van der Waals surface area contributed by atoms with Crippen molar-refractivity contribution >= 4 is 11.6 Å². The fourth-order valence-electron chi connectivity index (χ4n) is 1.58. The number of ether oxygens (including phenoxy) is 1. The number of fused-ring (bicyclic) bond motifs is 1. The molecule has 1 aliphatic rings. The molecular weight excluding hydrogens is 166 g/mol. The summed E-state index contributed by atoms with van der Waals surface area (Å²) in [6.45, 7) is 1.96. The summed E-state index contributed by atoms with van der Waals surface area (Å²) in [6.07, 6.45) is 0.464. The van der Waals surface area contributed by atoms with Gasteiger partial charge in [0.2, 0.25) is 5.91 Å². The standard InChI is InChI=1S/C10H11NO2/c1-6-3-8-7(4-9(6)13-2)5-10(12)11-8/h3-4H,5H2,1-2H3,(H,11,12). The fraction of sp³-hybridized carbons (Fsp3) is 0.300. The first kappa shape index (κ1) is 8.10. The number of anilines is 1. The minimum atomic E-state index is 0.0580. The minimum absolute atomic E-state index is 0.0580. The van der Waals surface area contributed by atoms with E-state index in [1.165, 1.54) is 0 Å². The first-order valence-electron chi connectivity index (χ1n) is 4.18. The Bertz CT molecular complexity index is 371. The number of carbonyl (C=O) groups excluding carboxylic acids is 1. The van der Waals surface area contributed by atoms with Crippen LogP contribution in [0, 0.1) is 6.92 Å². The van der Waals surface area contributed by atoms with Crippen LogP contribution in [0.2, 0.25) is 0 Å². The summed E-state index contributed by atoms with van der Waals surface area (Å²) < 4.78 is 5.17. The van der Waals surface area contributed by atoms with Gasteiger partial charge in [-0.05, 0) is 30.2 Å². The lowest BCUT2D eigenvalue weighted by molar-refractivity contribution is -0.115. The Balaban J connectivity index is 2.50. The number of nitrogens with one attached hydrogen (secondary N) is 1. The summed E-state index contributed by atoms with van der Waals surface area (Å²) in [6, 6.07) is 3.86. The van der Waals surface area contributed by atoms with Crippen LogP contribution in [0.3, 0.4) is 0 Å². The van der Waals surface area contributed by atoms with Crippen LogP contribution in [0.4, 0.5) is 5.69 Å². The Morgan fingerprint density at radius 3 is 2.92 bits per heavy atom. The maximum Gasteiger partial charge on any atom is 0.228 e. The molecule has 0 bridgehead atoms. The zero-order chi connectivity index (χ0) is 9.42. The molecule has 1 heterocycles. The highest BCUT2D eigenvalue weighted by Gasteiger charge is 2.18. The maximum absolute atomic E-state index is 11.1. The van der Waals surface area contributed by atoms with Gasteiger partial charge in [-0.2, -0.15) is 0 Å². The second kappa shape index (κ2) is 2.76. The van der Waals surface area contributed by atoms with Crippen LogP contribution in [0.1, 0.15) is 11.1 Å². The van der Waals surface area contributed by atoms with Crippen molar-refractivity contribution in [3.05, 3.63) is 23.3 Å². The predicted molar refractivity (Wildman–Crippen MR) is 50.1 cm³/mol. The molecule has 3 heteroatoms. The number of rotatable bonds is 1. The molecule has 2 rings (SSSR count). The van der Waals surface area contributed by atoms with Gasteiger partial charge in [-0.25, -0.2) is 0 Å². The molecule has 68 valence electrons. The van der Waals surface area contributed by atoms with Gasteiger partial charge in [-0.3, -0.25) is 4.79 Å². The van der Waals surface area contributed by atoms with E-state index in [1.54, 1.807) is 7.11 Å². The van der Waals surface area contributed by atoms with E-state index in [1.807, 2.05) is 19.1 Å². The van der Waals surface area contributed by atoms with E-state index in [9.17, 15) is 4.79 Å². The van der Waals surface area contributed by atoms with Crippen LogP contribution < -0.4 is 10.1 Å². The van der Waals surface area contributed by atoms with Crippen molar-refractivity contribution in [1.29, 1.82) is 0 Å². The molecule has 0 saturated carbocycles. The number of aryl methyl sites for hydroxylation is 1. The highest BCUT2D eigenvalue weighted by molar-refractivity contribution is 5.99. The third kappa shape index (κ3) is 1.26. The maximum atomic E-state index is 11.1. The number of benzene rings is 1. The second-order valence-electron chi connectivity index (χ2n) is 3.20. The molecule has 1 aromatic carbocycles. The van der Waals surface area contributed by atoms with Gasteiger partial charge in [-0.15, -0.1) is 0 Å². The lowest BCUT2D eigenvalue weighted by atomic mass is 10.1. The SMILES string of the molecule is COc1cc2c(cc1C)NC(=O)C2. The van der Waals surface area contributed by atoms with Gasteiger partial charge in [-0.1, -0.05) is 0 Å². The minimum Gasteiger partial charge on any atom is -0.496 e. The molecule has 1 N–H and O–H groups in total. The molecular formula is C10H11NO2. The van der Waals surface area contributed by atoms with Gasteiger partial charge in [0.05, 0.1) is 13.5 Å². The molecule has 0 radical (unpaired) electrons. The summed E-state index contributed by atoms with van der Waals surface area (Å²) in [5.74, 6) is 0.901. The molecule has 3 nitrogen and oxygen atoms in total. The molecule has 1 amide bonds. The molecule has 0 aliphatic carbocycles. The van der Waals surface area contributed by atoms with Crippen LogP contribution in [0.25, 0.3) is 0 Å². The van der Waals surface area contributed by atoms with Crippen molar-refractivity contribution in [2.75, 3.05) is 12.4 Å². The van der Waals surface area contributed by atoms with Crippen molar-refractivity contribution in [3.63, 3.8) is 0 Å². The van der Waals surface area contributed by atoms with Crippen LogP contribution >= 0.6 is 0 Å². The Labute approximate surface area is 76.7 Å². The lowest BCUT2D eigenvalue weighted by Crippen LogP contribution is -2.03. The zero-order valence-electron chi connectivity index (χ0n) is 7.68. The van der Waals surface area contributed by atoms with E-state index in [0.717, 1.165) is 22.6 Å². The van der Waals surface area contributed by atoms with Gasteiger partial charge >= 0.3 is 0 Å². The number of hydrogen-bond acceptors (Lipinski definition) is 2. The Morgan fingerprint density at radius 2 is 2.23 bits per heavy atom. The first-order valence-corrected chi connectivity index (χ1v) is 4.18. The Hall–Kier alpha value is -1.51. The predicted octanol–water partition coefficient (Wildman–Crippen LogP) is 1.50. The molecule has 0 spiro atoms. The summed E-state index contributed by atoms with van der Waals surface area (Å²) in [5, 5.41) is 2.80. The molecule has 0 saturated heterocycles. The topological polar surface area (TPSA) is 38.3 Å². The van der Waals surface area contributed by atoms with Crippen molar-refractivity contribution in [2.24, 2.45) is 0 Å². The molecule has 0 unspecified atom stereocenters. The molecule has 1 aromatic rings. The summed E-state index contributed by atoms with van der Waals surface area (Å²) >= 11 is 0. The van der Waals surface area contributed by atoms with Crippen LogP contribution in [-0.2, 0) is 11.2 Å². The third-order valence-corrected chi connectivity index (χ3v) is 2.25. The second-order valence-corrected chi connectivity index (χ2v) is 3.20. The largest absolute Gasteiger partial charge is 0.496 e.